The van der Waals surface area contributed by atoms with E-state index in [0.717, 1.165) is 11.8 Å². The Kier molecular flexibility index (Phi) is 7.26. The molecule has 2 heterocycles. The van der Waals surface area contributed by atoms with Crippen LogP contribution in [0.3, 0.4) is 0 Å². The molecule has 0 radical (unpaired) electrons. The Balaban J connectivity index is 1.57. The molecule has 35 heavy (non-hydrogen) atoms. The quantitative estimate of drug-likeness (QED) is 0.296. The van der Waals surface area contributed by atoms with Gasteiger partial charge in [0.25, 0.3) is 0 Å². The number of rotatable bonds is 8. The van der Waals surface area contributed by atoms with Gasteiger partial charge in [0.2, 0.25) is 10.0 Å². The molecule has 0 aliphatic heterocycles. The number of fused-ring (bicyclic) bond motifs is 1. The van der Waals surface area contributed by atoms with Crippen LogP contribution in [-0.4, -0.2) is 37.1 Å². The normalized spacial score (nSPS) is 11.1. The average Bonchev–Trinajstić information content (AvgIpc) is 2.82. The van der Waals surface area contributed by atoms with Crippen LogP contribution in [0.1, 0.15) is 5.56 Å². The molecule has 0 fully saturated rings. The van der Waals surface area contributed by atoms with E-state index in [-0.39, 0.29) is 34.6 Å². The molecule has 11 heteroatoms. The van der Waals surface area contributed by atoms with E-state index in [4.69, 9.17) is 32.7 Å². The molecule has 0 spiro atoms. The monoisotopic (exact) mass is 528 g/mol. The summed E-state index contributed by atoms with van der Waals surface area (Å²) in [6, 6.07) is 17.6. The van der Waals surface area contributed by atoms with Gasteiger partial charge < -0.3 is 9.47 Å². The number of aromatic nitrogens is 2. The fourth-order valence-corrected chi connectivity index (χ4v) is 4.15. The number of anilines is 1. The van der Waals surface area contributed by atoms with Crippen LogP contribution in [0, 0.1) is 11.3 Å². The van der Waals surface area contributed by atoms with Gasteiger partial charge >= 0.3 is 0 Å². The summed E-state index contributed by atoms with van der Waals surface area (Å²) >= 11 is 11.9. The van der Waals surface area contributed by atoms with Gasteiger partial charge in [-0.1, -0.05) is 11.6 Å². The summed E-state index contributed by atoms with van der Waals surface area (Å²) in [5.74, 6) is 1.69. The van der Waals surface area contributed by atoms with E-state index in [9.17, 15) is 13.7 Å². The van der Waals surface area contributed by atoms with Gasteiger partial charge in [0.1, 0.15) is 30.0 Å². The summed E-state index contributed by atoms with van der Waals surface area (Å²) in [5, 5.41) is 10.3. The van der Waals surface area contributed by atoms with Crippen molar-refractivity contribution >= 4 is 49.9 Å². The van der Waals surface area contributed by atoms with Gasteiger partial charge in [-0.05, 0) is 42.5 Å². The van der Waals surface area contributed by atoms with Crippen molar-refractivity contribution in [3.63, 3.8) is 0 Å². The molecule has 0 aliphatic rings. The lowest BCUT2D eigenvalue weighted by molar-refractivity contribution is 0.341. The van der Waals surface area contributed by atoms with Gasteiger partial charge in [0.05, 0.1) is 33.9 Å². The maximum absolute atomic E-state index is 11.6. The van der Waals surface area contributed by atoms with E-state index in [2.05, 4.69) is 14.7 Å². The largest absolute Gasteiger partial charge is 0.489 e. The minimum atomic E-state index is -3.47. The number of halogens is 2. The minimum absolute atomic E-state index is 0.224. The number of hydrogen-bond donors (Lipinski definition) is 1. The van der Waals surface area contributed by atoms with E-state index in [1.165, 1.54) is 6.20 Å². The number of alkyl halides is 1. The van der Waals surface area contributed by atoms with Crippen molar-refractivity contribution in [2.24, 2.45) is 0 Å². The van der Waals surface area contributed by atoms with E-state index in [0.29, 0.717) is 28.1 Å². The van der Waals surface area contributed by atoms with Crippen molar-refractivity contribution in [1.82, 2.24) is 9.97 Å². The highest BCUT2D eigenvalue weighted by Crippen LogP contribution is 2.35. The first-order valence-corrected chi connectivity index (χ1v) is 13.0. The first kappa shape index (κ1) is 24.5. The molecule has 1 N–H and O–H groups in total. The molecule has 4 rings (SSSR count). The lowest BCUT2D eigenvalue weighted by atomic mass is 10.1. The fraction of sp³-hybridized carbons (Fsp3) is 0.125. The van der Waals surface area contributed by atoms with E-state index in [1.54, 1.807) is 42.5 Å². The van der Waals surface area contributed by atoms with Crippen LogP contribution in [0.2, 0.25) is 5.02 Å². The van der Waals surface area contributed by atoms with Crippen LogP contribution < -0.4 is 14.2 Å². The number of nitrogens with one attached hydrogen (secondary N) is 1. The van der Waals surface area contributed by atoms with Crippen molar-refractivity contribution in [2.75, 3.05) is 23.5 Å². The molecule has 2 aromatic carbocycles. The van der Waals surface area contributed by atoms with Gasteiger partial charge in [-0.2, -0.15) is 5.26 Å². The number of ether oxygens (including phenoxy) is 2. The lowest BCUT2D eigenvalue weighted by Crippen LogP contribution is -2.11. The van der Waals surface area contributed by atoms with Crippen molar-refractivity contribution in [3.05, 3.63) is 71.4 Å². The summed E-state index contributed by atoms with van der Waals surface area (Å²) in [7, 11) is -3.47. The molecule has 0 saturated carbocycles. The Morgan fingerprint density at radius 1 is 1.09 bits per heavy atom. The first-order chi connectivity index (χ1) is 16.8. The Labute approximate surface area is 212 Å². The van der Waals surface area contributed by atoms with Gasteiger partial charge in [-0.25, -0.2) is 18.4 Å². The maximum atomic E-state index is 11.6. The highest BCUT2D eigenvalue weighted by atomic mass is 35.5. The Morgan fingerprint density at radius 2 is 1.86 bits per heavy atom. The van der Waals surface area contributed by atoms with Crippen LogP contribution in [-0.2, 0) is 10.0 Å². The standard InChI is InChI=1S/C24H18Cl2N4O4S/c1-35(31,32)30-24-19-6-7-21(29-22(19)8-10-28-24)15-2-4-17(5-3-15)34-18-12-16(14-27)23(20(26)13-18)33-11-9-25/h2-8,10,12-13H,9,11H2,1H3,(H,28,30). The number of nitriles is 1. The third-order valence-corrected chi connectivity index (χ3v) is 5.74. The van der Waals surface area contributed by atoms with Crippen LogP contribution in [0.4, 0.5) is 5.82 Å². The van der Waals surface area contributed by atoms with Crippen LogP contribution in [0.25, 0.3) is 22.2 Å². The molecule has 0 atom stereocenters. The van der Waals surface area contributed by atoms with Gasteiger partial charge in [-0.15, -0.1) is 11.6 Å². The zero-order valence-corrected chi connectivity index (χ0v) is 20.7. The summed E-state index contributed by atoms with van der Waals surface area (Å²) in [4.78, 5) is 8.72. The third-order valence-electron chi connectivity index (χ3n) is 4.74. The van der Waals surface area contributed by atoms with Crippen molar-refractivity contribution in [1.29, 1.82) is 5.26 Å². The zero-order valence-electron chi connectivity index (χ0n) is 18.3. The molecular formula is C24H18Cl2N4O4S. The van der Waals surface area contributed by atoms with Gasteiger partial charge in [-0.3, -0.25) is 4.72 Å². The summed E-state index contributed by atoms with van der Waals surface area (Å²) in [6.07, 6.45) is 2.56. The van der Waals surface area contributed by atoms with Crippen LogP contribution >= 0.6 is 23.2 Å². The predicted molar refractivity (Wildman–Crippen MR) is 136 cm³/mol. The molecule has 0 unspecified atom stereocenters. The van der Waals surface area contributed by atoms with E-state index in [1.807, 2.05) is 18.2 Å². The zero-order chi connectivity index (χ0) is 25.0. The SMILES string of the molecule is CS(=O)(=O)Nc1nccc2nc(-c3ccc(Oc4cc(Cl)c(OCCCl)c(C#N)c4)cc3)ccc12. The van der Waals surface area contributed by atoms with Crippen LogP contribution in [0.15, 0.2) is 60.8 Å². The number of benzene rings is 2. The third kappa shape index (κ3) is 5.92. The number of pyridine rings is 2. The van der Waals surface area contributed by atoms with E-state index >= 15 is 0 Å². The molecule has 2 aromatic heterocycles. The Morgan fingerprint density at radius 3 is 2.54 bits per heavy atom. The van der Waals surface area contributed by atoms with Crippen LogP contribution in [0.5, 0.6) is 17.2 Å². The highest BCUT2D eigenvalue weighted by Gasteiger charge is 2.13. The number of nitrogens with zero attached hydrogens (tertiary/aromatic N) is 3. The molecule has 0 aliphatic carbocycles. The smallest absolute Gasteiger partial charge is 0.230 e. The fourth-order valence-electron chi connectivity index (χ4n) is 3.30. The molecule has 8 nitrogen and oxygen atoms in total. The second-order valence-corrected chi connectivity index (χ2v) is 9.89. The molecule has 4 aromatic rings. The Bertz CT molecular complexity index is 1540. The van der Waals surface area contributed by atoms with E-state index < -0.39 is 10.0 Å². The second-order valence-electron chi connectivity index (χ2n) is 7.35. The van der Waals surface area contributed by atoms with Crippen molar-refractivity contribution in [3.8, 4) is 34.6 Å². The highest BCUT2D eigenvalue weighted by molar-refractivity contribution is 7.92. The molecule has 0 bridgehead atoms. The topological polar surface area (TPSA) is 114 Å². The predicted octanol–water partition coefficient (Wildman–Crippen LogP) is 5.60. The Hall–Kier alpha value is -3.58. The maximum Gasteiger partial charge on any atom is 0.230 e. The number of sulfonamides is 1. The molecular weight excluding hydrogens is 511 g/mol. The van der Waals surface area contributed by atoms with Gasteiger partial charge in [0, 0.05) is 29.3 Å². The number of hydrogen-bond acceptors (Lipinski definition) is 7. The molecule has 178 valence electrons. The van der Waals surface area contributed by atoms with Crippen molar-refractivity contribution < 1.29 is 17.9 Å². The summed E-state index contributed by atoms with van der Waals surface area (Å²) in [6.45, 7) is 0.229. The lowest BCUT2D eigenvalue weighted by Gasteiger charge is -2.12. The second kappa shape index (κ2) is 10.4. The molecule has 0 amide bonds. The average molecular weight is 529 g/mol. The molecule has 0 saturated heterocycles. The summed E-state index contributed by atoms with van der Waals surface area (Å²) in [5.41, 5.74) is 2.36. The van der Waals surface area contributed by atoms with Crippen molar-refractivity contribution in [2.45, 2.75) is 0 Å². The minimum Gasteiger partial charge on any atom is -0.489 e. The summed E-state index contributed by atoms with van der Waals surface area (Å²) < 4.78 is 36.9. The first-order valence-electron chi connectivity index (χ1n) is 10.2. The van der Waals surface area contributed by atoms with Gasteiger partial charge in [0.15, 0.2) is 5.75 Å².